The topological polar surface area (TPSA) is 78.4 Å². The van der Waals surface area contributed by atoms with Crippen LogP contribution in [0.15, 0.2) is 29.2 Å². The Kier molecular flexibility index (Phi) is 6.90. The fraction of sp³-hybridized carbons (Fsp3) is 0.500. The van der Waals surface area contributed by atoms with Crippen molar-refractivity contribution in [1.82, 2.24) is 5.32 Å². The van der Waals surface area contributed by atoms with Crippen LogP contribution in [0.5, 0.6) is 0 Å². The summed E-state index contributed by atoms with van der Waals surface area (Å²) in [6.45, 7) is 6.03. The van der Waals surface area contributed by atoms with E-state index in [1.165, 1.54) is 11.8 Å². The SMILES string of the molecule is CSc1ccccc1NC(=O)C(=O)NCCC(O)C(C)(C)C. The van der Waals surface area contributed by atoms with Crippen LogP contribution in [0.4, 0.5) is 5.69 Å². The highest BCUT2D eigenvalue weighted by Gasteiger charge is 2.22. The maximum Gasteiger partial charge on any atom is 0.313 e. The predicted molar refractivity (Wildman–Crippen MR) is 89.9 cm³/mol. The van der Waals surface area contributed by atoms with E-state index < -0.39 is 17.9 Å². The van der Waals surface area contributed by atoms with Gasteiger partial charge in [-0.2, -0.15) is 0 Å². The molecule has 122 valence electrons. The van der Waals surface area contributed by atoms with Crippen molar-refractivity contribution in [2.75, 3.05) is 18.1 Å². The molecule has 1 aromatic rings. The Labute approximate surface area is 135 Å². The highest BCUT2D eigenvalue weighted by atomic mass is 32.2. The van der Waals surface area contributed by atoms with E-state index in [2.05, 4.69) is 10.6 Å². The van der Waals surface area contributed by atoms with Crippen LogP contribution in [-0.2, 0) is 9.59 Å². The van der Waals surface area contributed by atoms with Crippen LogP contribution in [0.1, 0.15) is 27.2 Å². The number of hydrogen-bond donors (Lipinski definition) is 3. The van der Waals surface area contributed by atoms with Gasteiger partial charge in [-0.1, -0.05) is 32.9 Å². The van der Waals surface area contributed by atoms with E-state index in [0.717, 1.165) is 4.90 Å². The summed E-state index contributed by atoms with van der Waals surface area (Å²) in [6, 6.07) is 7.29. The van der Waals surface area contributed by atoms with Crippen LogP contribution in [-0.4, -0.2) is 35.8 Å². The van der Waals surface area contributed by atoms with Crippen molar-refractivity contribution in [1.29, 1.82) is 0 Å². The Hall–Kier alpha value is -1.53. The van der Waals surface area contributed by atoms with Crippen LogP contribution in [0.2, 0.25) is 0 Å². The van der Waals surface area contributed by atoms with Crippen molar-refractivity contribution in [2.45, 2.75) is 38.2 Å². The molecule has 2 amide bonds. The highest BCUT2D eigenvalue weighted by Crippen LogP contribution is 2.24. The van der Waals surface area contributed by atoms with Gasteiger partial charge >= 0.3 is 11.8 Å². The highest BCUT2D eigenvalue weighted by molar-refractivity contribution is 7.98. The monoisotopic (exact) mass is 324 g/mol. The molecule has 1 rings (SSSR count). The second kappa shape index (κ2) is 8.19. The number of rotatable bonds is 5. The molecule has 0 aliphatic rings. The zero-order valence-corrected chi connectivity index (χ0v) is 14.3. The van der Waals surface area contributed by atoms with Crippen LogP contribution in [0.3, 0.4) is 0 Å². The molecule has 0 aliphatic carbocycles. The summed E-state index contributed by atoms with van der Waals surface area (Å²) < 4.78 is 0. The molecule has 0 aromatic heterocycles. The molecule has 0 radical (unpaired) electrons. The number of nitrogens with one attached hydrogen (secondary N) is 2. The van der Waals surface area contributed by atoms with Gasteiger partial charge in [0.15, 0.2) is 0 Å². The third-order valence-corrected chi connectivity index (χ3v) is 4.06. The first-order chi connectivity index (χ1) is 10.3. The number of hydrogen-bond acceptors (Lipinski definition) is 4. The Bertz CT molecular complexity index is 526. The summed E-state index contributed by atoms with van der Waals surface area (Å²) in [5, 5.41) is 15.0. The molecule has 6 heteroatoms. The minimum atomic E-state index is -0.702. The lowest BCUT2D eigenvalue weighted by molar-refractivity contribution is -0.136. The largest absolute Gasteiger partial charge is 0.393 e. The lowest BCUT2D eigenvalue weighted by atomic mass is 9.87. The number of aliphatic hydroxyl groups excluding tert-OH is 1. The van der Waals surface area contributed by atoms with Crippen molar-refractivity contribution in [2.24, 2.45) is 5.41 Å². The molecule has 1 unspecified atom stereocenters. The van der Waals surface area contributed by atoms with Gasteiger partial charge in [0.1, 0.15) is 0 Å². The number of aliphatic hydroxyl groups is 1. The van der Waals surface area contributed by atoms with Crippen LogP contribution >= 0.6 is 11.8 Å². The summed E-state index contributed by atoms with van der Waals surface area (Å²) in [5.74, 6) is -1.40. The zero-order chi connectivity index (χ0) is 16.8. The second-order valence-electron chi connectivity index (χ2n) is 6.08. The van der Waals surface area contributed by atoms with E-state index in [1.54, 1.807) is 12.1 Å². The minimum Gasteiger partial charge on any atom is -0.393 e. The minimum absolute atomic E-state index is 0.246. The third-order valence-electron chi connectivity index (χ3n) is 3.26. The molecular weight excluding hydrogens is 300 g/mol. The molecule has 5 nitrogen and oxygen atoms in total. The van der Waals surface area contributed by atoms with E-state index in [4.69, 9.17) is 0 Å². The number of para-hydroxylation sites is 1. The number of amides is 2. The first-order valence-electron chi connectivity index (χ1n) is 7.16. The van der Waals surface area contributed by atoms with Crippen LogP contribution in [0.25, 0.3) is 0 Å². The van der Waals surface area contributed by atoms with E-state index in [0.29, 0.717) is 12.1 Å². The number of thioether (sulfide) groups is 1. The molecule has 22 heavy (non-hydrogen) atoms. The molecule has 0 spiro atoms. The fourth-order valence-corrected chi connectivity index (χ4v) is 2.32. The van der Waals surface area contributed by atoms with Gasteiger partial charge in [0.25, 0.3) is 0 Å². The summed E-state index contributed by atoms with van der Waals surface area (Å²) >= 11 is 1.49. The van der Waals surface area contributed by atoms with Crippen LogP contribution < -0.4 is 10.6 Å². The molecule has 0 saturated heterocycles. The van der Waals surface area contributed by atoms with Gasteiger partial charge in [0, 0.05) is 11.4 Å². The molecule has 0 aliphatic heterocycles. The van der Waals surface area contributed by atoms with E-state index in [1.807, 2.05) is 39.2 Å². The van der Waals surface area contributed by atoms with Crippen molar-refractivity contribution in [3.63, 3.8) is 0 Å². The maximum absolute atomic E-state index is 11.9. The molecule has 1 atom stereocenters. The molecule has 1 aromatic carbocycles. The number of carbonyl (C=O) groups is 2. The molecule has 0 heterocycles. The average molecular weight is 324 g/mol. The summed E-state index contributed by atoms with van der Waals surface area (Å²) in [7, 11) is 0. The lowest BCUT2D eigenvalue weighted by Crippen LogP contribution is -2.38. The Morgan fingerprint density at radius 3 is 2.45 bits per heavy atom. The Balaban J connectivity index is 2.48. The molecule has 0 fully saturated rings. The molecule has 0 saturated carbocycles. The molecule has 0 bridgehead atoms. The summed E-state index contributed by atoms with van der Waals surface area (Å²) in [5.41, 5.74) is 0.370. The van der Waals surface area contributed by atoms with Gasteiger partial charge in [-0.25, -0.2) is 0 Å². The number of benzene rings is 1. The van der Waals surface area contributed by atoms with Gasteiger partial charge in [-0.05, 0) is 30.2 Å². The second-order valence-corrected chi connectivity index (χ2v) is 6.93. The lowest BCUT2D eigenvalue weighted by Gasteiger charge is -2.25. The summed E-state index contributed by atoms with van der Waals surface area (Å²) in [6.07, 6.45) is 1.77. The normalized spacial score (nSPS) is 12.6. The van der Waals surface area contributed by atoms with Gasteiger partial charge in [0.2, 0.25) is 0 Å². The Morgan fingerprint density at radius 1 is 1.23 bits per heavy atom. The summed E-state index contributed by atoms with van der Waals surface area (Å²) in [4.78, 5) is 24.5. The zero-order valence-electron chi connectivity index (χ0n) is 13.5. The smallest absolute Gasteiger partial charge is 0.313 e. The van der Waals surface area contributed by atoms with E-state index in [-0.39, 0.29) is 12.0 Å². The maximum atomic E-state index is 11.9. The van der Waals surface area contributed by atoms with Crippen LogP contribution in [0, 0.1) is 5.41 Å². The van der Waals surface area contributed by atoms with Gasteiger partial charge in [-0.3, -0.25) is 9.59 Å². The van der Waals surface area contributed by atoms with E-state index >= 15 is 0 Å². The fourth-order valence-electron chi connectivity index (χ4n) is 1.76. The first-order valence-corrected chi connectivity index (χ1v) is 8.38. The standard InChI is InChI=1S/C16H24N2O3S/c1-16(2,3)13(19)9-10-17-14(20)15(21)18-11-7-5-6-8-12(11)22-4/h5-8,13,19H,9-10H2,1-4H3,(H,17,20)(H,18,21). The van der Waals surface area contributed by atoms with Crippen molar-refractivity contribution in [3.8, 4) is 0 Å². The van der Waals surface area contributed by atoms with Crippen molar-refractivity contribution < 1.29 is 14.7 Å². The van der Waals surface area contributed by atoms with Crippen molar-refractivity contribution in [3.05, 3.63) is 24.3 Å². The average Bonchev–Trinajstić information content (AvgIpc) is 2.46. The van der Waals surface area contributed by atoms with Crippen molar-refractivity contribution >= 4 is 29.3 Å². The third kappa shape index (κ3) is 5.69. The number of carbonyl (C=O) groups excluding carboxylic acids is 2. The number of anilines is 1. The van der Waals surface area contributed by atoms with Gasteiger partial charge in [0.05, 0.1) is 11.8 Å². The van der Waals surface area contributed by atoms with E-state index in [9.17, 15) is 14.7 Å². The predicted octanol–water partition coefficient (Wildman–Crippen LogP) is 2.26. The first kappa shape index (κ1) is 18.5. The Morgan fingerprint density at radius 2 is 1.86 bits per heavy atom. The molecule has 3 N–H and O–H groups in total. The van der Waals surface area contributed by atoms with Gasteiger partial charge in [-0.15, -0.1) is 11.8 Å². The quantitative estimate of drug-likeness (QED) is 0.573. The van der Waals surface area contributed by atoms with Gasteiger partial charge < -0.3 is 15.7 Å². The molecular formula is C16H24N2O3S.